The summed E-state index contributed by atoms with van der Waals surface area (Å²) in [5.74, 6) is 0.190. The quantitative estimate of drug-likeness (QED) is 0.621. The summed E-state index contributed by atoms with van der Waals surface area (Å²) in [4.78, 5) is 18.2. The van der Waals surface area contributed by atoms with Gasteiger partial charge in [0.25, 0.3) is 5.91 Å². The third-order valence-corrected chi connectivity index (χ3v) is 3.34. The van der Waals surface area contributed by atoms with E-state index in [4.69, 9.17) is 16.7 Å². The molecule has 1 rings (SSSR count). The first-order valence-electron chi connectivity index (χ1n) is 6.99. The van der Waals surface area contributed by atoms with Crippen molar-refractivity contribution in [2.45, 2.75) is 39.0 Å². The maximum Gasteiger partial charge on any atom is 0.253 e. The molecule has 1 heterocycles. The average molecular weight is 299 g/mol. The number of rotatable bonds is 7. The first-order chi connectivity index (χ1) is 9.45. The zero-order chi connectivity index (χ0) is 15.1. The summed E-state index contributed by atoms with van der Waals surface area (Å²) < 4.78 is 0. The number of nitrogens with zero attached hydrogens (tertiary/aromatic N) is 2. The molecular weight excluding hydrogens is 276 g/mol. The van der Waals surface area contributed by atoms with Gasteiger partial charge >= 0.3 is 0 Å². The zero-order valence-corrected chi connectivity index (χ0v) is 13.2. The lowest BCUT2D eigenvalue weighted by molar-refractivity contribution is 0.0792. The molecule has 1 amide bonds. The Morgan fingerprint density at radius 2 is 2.05 bits per heavy atom. The summed E-state index contributed by atoms with van der Waals surface area (Å²) in [6, 6.07) is 3.42. The Balaban J connectivity index is 2.71. The first kappa shape index (κ1) is 16.9. The van der Waals surface area contributed by atoms with Crippen molar-refractivity contribution < 1.29 is 9.90 Å². The largest absolute Gasteiger partial charge is 0.396 e. The van der Waals surface area contributed by atoms with E-state index >= 15 is 0 Å². The van der Waals surface area contributed by atoms with Crippen molar-refractivity contribution in [3.8, 4) is 0 Å². The minimum atomic E-state index is -0.0415. The predicted octanol–water partition coefficient (Wildman–Crippen LogP) is 3.09. The molecule has 0 aromatic carbocycles. The van der Waals surface area contributed by atoms with Crippen molar-refractivity contribution in [2.75, 3.05) is 20.2 Å². The molecule has 0 saturated heterocycles. The maximum atomic E-state index is 12.3. The van der Waals surface area contributed by atoms with Crippen LogP contribution in [-0.2, 0) is 0 Å². The third kappa shape index (κ3) is 5.10. The van der Waals surface area contributed by atoms with Gasteiger partial charge < -0.3 is 10.0 Å². The standard InChI is InChI=1S/C15H23ClN2O2/c1-11(2)13-9-12(10-14(16)17-13)15(20)18(3)7-5-4-6-8-19/h9-11,19H,4-8H2,1-3H3. The molecule has 0 unspecified atom stereocenters. The molecule has 0 bridgehead atoms. The summed E-state index contributed by atoms with van der Waals surface area (Å²) in [6.45, 7) is 4.92. The molecule has 0 saturated carbocycles. The summed E-state index contributed by atoms with van der Waals surface area (Å²) in [6.07, 6.45) is 2.59. The number of aliphatic hydroxyl groups is 1. The molecular formula is C15H23ClN2O2. The number of pyridine rings is 1. The Labute approximate surface area is 125 Å². The van der Waals surface area contributed by atoms with Crippen LogP contribution in [0.5, 0.6) is 0 Å². The molecule has 112 valence electrons. The number of carbonyl (C=O) groups is 1. The molecule has 0 radical (unpaired) electrons. The van der Waals surface area contributed by atoms with E-state index in [9.17, 15) is 4.79 Å². The minimum Gasteiger partial charge on any atom is -0.396 e. The Bertz CT molecular complexity index is 449. The van der Waals surface area contributed by atoms with Gasteiger partial charge in [-0.05, 0) is 37.3 Å². The second kappa shape index (κ2) is 8.22. The zero-order valence-electron chi connectivity index (χ0n) is 12.4. The number of carbonyl (C=O) groups excluding carboxylic acids is 1. The summed E-state index contributed by atoms with van der Waals surface area (Å²) >= 11 is 5.98. The van der Waals surface area contributed by atoms with Crippen LogP contribution in [0.25, 0.3) is 0 Å². The molecule has 0 fully saturated rings. The van der Waals surface area contributed by atoms with Crippen molar-refractivity contribution in [3.05, 3.63) is 28.5 Å². The van der Waals surface area contributed by atoms with Crippen LogP contribution in [-0.4, -0.2) is 41.1 Å². The predicted molar refractivity (Wildman–Crippen MR) is 81.2 cm³/mol. The van der Waals surface area contributed by atoms with Gasteiger partial charge in [-0.25, -0.2) is 4.98 Å². The molecule has 0 spiro atoms. The van der Waals surface area contributed by atoms with E-state index in [-0.39, 0.29) is 18.4 Å². The van der Waals surface area contributed by atoms with Gasteiger partial charge in [-0.1, -0.05) is 25.4 Å². The molecule has 4 nitrogen and oxygen atoms in total. The highest BCUT2D eigenvalue weighted by Crippen LogP contribution is 2.18. The fraction of sp³-hybridized carbons (Fsp3) is 0.600. The van der Waals surface area contributed by atoms with E-state index in [1.165, 1.54) is 0 Å². The van der Waals surface area contributed by atoms with E-state index in [0.29, 0.717) is 17.3 Å². The van der Waals surface area contributed by atoms with Crippen LogP contribution < -0.4 is 0 Å². The van der Waals surface area contributed by atoms with Crippen molar-refractivity contribution in [3.63, 3.8) is 0 Å². The molecule has 1 aromatic rings. The lowest BCUT2D eigenvalue weighted by atomic mass is 10.1. The number of aromatic nitrogens is 1. The molecule has 0 aliphatic rings. The lowest BCUT2D eigenvalue weighted by Gasteiger charge is -2.18. The number of halogens is 1. The van der Waals surface area contributed by atoms with Gasteiger partial charge in [-0.3, -0.25) is 4.79 Å². The number of aliphatic hydroxyl groups excluding tert-OH is 1. The summed E-state index contributed by atoms with van der Waals surface area (Å²) in [5, 5.41) is 9.08. The number of hydrogen-bond acceptors (Lipinski definition) is 3. The van der Waals surface area contributed by atoms with Gasteiger partial charge in [-0.15, -0.1) is 0 Å². The van der Waals surface area contributed by atoms with Crippen LogP contribution in [0, 0.1) is 0 Å². The molecule has 0 aliphatic carbocycles. The maximum absolute atomic E-state index is 12.3. The minimum absolute atomic E-state index is 0.0415. The smallest absolute Gasteiger partial charge is 0.253 e. The SMILES string of the molecule is CC(C)c1cc(C(=O)N(C)CCCCCO)cc(Cl)n1. The molecule has 0 aliphatic heterocycles. The normalized spacial score (nSPS) is 10.9. The Morgan fingerprint density at radius 1 is 1.35 bits per heavy atom. The first-order valence-corrected chi connectivity index (χ1v) is 7.37. The van der Waals surface area contributed by atoms with Crippen molar-refractivity contribution >= 4 is 17.5 Å². The average Bonchev–Trinajstić information content (AvgIpc) is 2.41. The number of hydrogen-bond donors (Lipinski definition) is 1. The second-order valence-electron chi connectivity index (χ2n) is 5.27. The van der Waals surface area contributed by atoms with E-state index in [2.05, 4.69) is 4.98 Å². The van der Waals surface area contributed by atoms with Crippen LogP contribution >= 0.6 is 11.6 Å². The van der Waals surface area contributed by atoms with Gasteiger partial charge in [0.05, 0.1) is 0 Å². The van der Waals surface area contributed by atoms with Gasteiger partial charge in [0.1, 0.15) is 5.15 Å². The van der Waals surface area contributed by atoms with Crippen molar-refractivity contribution in [1.29, 1.82) is 0 Å². The molecule has 5 heteroatoms. The summed E-state index contributed by atoms with van der Waals surface area (Å²) in [7, 11) is 1.78. The Kier molecular flexibility index (Phi) is 6.96. The van der Waals surface area contributed by atoms with Gasteiger partial charge in [0.2, 0.25) is 0 Å². The van der Waals surface area contributed by atoms with Crippen molar-refractivity contribution in [1.82, 2.24) is 9.88 Å². The highest BCUT2D eigenvalue weighted by Gasteiger charge is 2.14. The van der Waals surface area contributed by atoms with Gasteiger partial charge in [-0.2, -0.15) is 0 Å². The highest BCUT2D eigenvalue weighted by atomic mass is 35.5. The summed E-state index contributed by atoms with van der Waals surface area (Å²) in [5.41, 5.74) is 1.41. The van der Waals surface area contributed by atoms with Crippen LogP contribution in [0.15, 0.2) is 12.1 Å². The van der Waals surface area contributed by atoms with E-state index in [1.54, 1.807) is 18.0 Å². The van der Waals surface area contributed by atoms with Gasteiger partial charge in [0, 0.05) is 31.5 Å². The fourth-order valence-corrected chi connectivity index (χ4v) is 2.11. The van der Waals surface area contributed by atoms with Gasteiger partial charge in [0.15, 0.2) is 0 Å². The third-order valence-electron chi connectivity index (χ3n) is 3.15. The van der Waals surface area contributed by atoms with E-state index in [1.807, 2.05) is 19.9 Å². The van der Waals surface area contributed by atoms with E-state index in [0.717, 1.165) is 25.0 Å². The molecule has 0 atom stereocenters. The van der Waals surface area contributed by atoms with Crippen molar-refractivity contribution in [2.24, 2.45) is 0 Å². The second-order valence-corrected chi connectivity index (χ2v) is 5.66. The molecule has 1 N–H and O–H groups in total. The Morgan fingerprint density at radius 3 is 2.65 bits per heavy atom. The lowest BCUT2D eigenvalue weighted by Crippen LogP contribution is -2.28. The topological polar surface area (TPSA) is 53.4 Å². The molecule has 1 aromatic heterocycles. The number of amides is 1. The van der Waals surface area contributed by atoms with Crippen LogP contribution in [0.1, 0.15) is 55.1 Å². The van der Waals surface area contributed by atoms with Crippen LogP contribution in [0.4, 0.5) is 0 Å². The van der Waals surface area contributed by atoms with Crippen LogP contribution in [0.2, 0.25) is 5.15 Å². The monoisotopic (exact) mass is 298 g/mol. The Hall–Kier alpha value is -1.13. The molecule has 20 heavy (non-hydrogen) atoms. The fourth-order valence-electron chi connectivity index (χ4n) is 1.90. The van der Waals surface area contributed by atoms with E-state index < -0.39 is 0 Å². The number of unbranched alkanes of at least 4 members (excludes halogenated alkanes) is 2. The van der Waals surface area contributed by atoms with Crippen LogP contribution in [0.3, 0.4) is 0 Å². The highest BCUT2D eigenvalue weighted by molar-refractivity contribution is 6.29.